The second kappa shape index (κ2) is 9.23. The van der Waals surface area contributed by atoms with Crippen LogP contribution in [0.3, 0.4) is 0 Å². The van der Waals surface area contributed by atoms with Gasteiger partial charge < -0.3 is 10.6 Å². The van der Waals surface area contributed by atoms with Gasteiger partial charge in [-0.1, -0.05) is 41.9 Å². The van der Waals surface area contributed by atoms with E-state index in [2.05, 4.69) is 15.6 Å². The molecular formula is C23H21ClN4O4. The lowest BCUT2D eigenvalue weighted by Gasteiger charge is -2.26. The lowest BCUT2D eigenvalue weighted by Crippen LogP contribution is -2.42. The number of aryl methyl sites for hydroxylation is 1. The molecule has 2 aromatic carbocycles. The molecule has 0 radical (unpaired) electrons. The predicted molar refractivity (Wildman–Crippen MR) is 122 cm³/mol. The molecule has 2 heterocycles. The Balaban J connectivity index is 1.51. The number of amides is 2. The Hall–Kier alpha value is -3.65. The maximum absolute atomic E-state index is 12.7. The molecule has 0 bridgehead atoms. The molecule has 1 aliphatic rings. The van der Waals surface area contributed by atoms with Crippen molar-refractivity contribution in [1.82, 2.24) is 9.55 Å². The molecule has 164 valence electrons. The van der Waals surface area contributed by atoms with Gasteiger partial charge in [0.15, 0.2) is 0 Å². The first-order chi connectivity index (χ1) is 15.4. The molecule has 3 N–H and O–H groups in total. The number of hydrogen-bond donors (Lipinski definition) is 3. The summed E-state index contributed by atoms with van der Waals surface area (Å²) in [5, 5.41) is 5.94. The van der Waals surface area contributed by atoms with Crippen molar-refractivity contribution >= 4 is 34.9 Å². The van der Waals surface area contributed by atoms with Crippen molar-refractivity contribution in [2.75, 3.05) is 10.6 Å². The van der Waals surface area contributed by atoms with E-state index in [0.29, 0.717) is 29.2 Å². The van der Waals surface area contributed by atoms with Crippen LogP contribution in [0.1, 0.15) is 17.5 Å². The van der Waals surface area contributed by atoms with Gasteiger partial charge in [0.1, 0.15) is 5.82 Å². The number of rotatable bonds is 6. The Morgan fingerprint density at radius 1 is 1.06 bits per heavy atom. The number of aromatic amines is 1. The average molecular weight is 453 g/mol. The molecule has 1 aromatic heterocycles. The number of aromatic nitrogens is 2. The zero-order chi connectivity index (χ0) is 22.7. The summed E-state index contributed by atoms with van der Waals surface area (Å²) in [7, 11) is 0. The van der Waals surface area contributed by atoms with Crippen molar-refractivity contribution in [3.63, 3.8) is 0 Å². The summed E-state index contributed by atoms with van der Waals surface area (Å²) in [6.45, 7) is 0.296. The van der Waals surface area contributed by atoms with E-state index in [-0.39, 0.29) is 24.6 Å². The number of nitrogens with zero attached hydrogens (tertiary/aromatic N) is 1. The molecule has 0 aliphatic carbocycles. The summed E-state index contributed by atoms with van der Waals surface area (Å²) in [5.41, 5.74) is 0.747. The smallest absolute Gasteiger partial charge is 0.326 e. The van der Waals surface area contributed by atoms with Crippen LogP contribution in [-0.2, 0) is 29.0 Å². The van der Waals surface area contributed by atoms with E-state index in [1.165, 1.54) is 4.57 Å². The average Bonchev–Trinajstić information content (AvgIpc) is 2.77. The van der Waals surface area contributed by atoms with Crippen LogP contribution in [0, 0.1) is 5.92 Å². The van der Waals surface area contributed by atoms with Crippen LogP contribution in [0.2, 0.25) is 5.02 Å². The Labute approximate surface area is 188 Å². The molecule has 4 rings (SSSR count). The van der Waals surface area contributed by atoms with E-state index in [0.717, 1.165) is 5.56 Å². The zero-order valence-electron chi connectivity index (χ0n) is 17.1. The molecule has 0 saturated heterocycles. The summed E-state index contributed by atoms with van der Waals surface area (Å²) in [6.07, 6.45) is 0.522. The van der Waals surface area contributed by atoms with Crippen molar-refractivity contribution < 1.29 is 9.59 Å². The normalized spacial score (nSPS) is 15.0. The topological polar surface area (TPSA) is 113 Å². The second-order valence-corrected chi connectivity index (χ2v) is 8.06. The van der Waals surface area contributed by atoms with E-state index < -0.39 is 23.1 Å². The minimum Gasteiger partial charge on any atom is -0.326 e. The van der Waals surface area contributed by atoms with Gasteiger partial charge in [-0.05, 0) is 42.7 Å². The number of benzene rings is 2. The maximum Gasteiger partial charge on any atom is 0.329 e. The van der Waals surface area contributed by atoms with Crippen molar-refractivity contribution in [3.8, 4) is 0 Å². The fourth-order valence-electron chi connectivity index (χ4n) is 3.74. The van der Waals surface area contributed by atoms with Crippen LogP contribution < -0.4 is 21.9 Å². The van der Waals surface area contributed by atoms with Gasteiger partial charge in [0.2, 0.25) is 11.8 Å². The van der Waals surface area contributed by atoms with Crippen molar-refractivity contribution in [1.29, 1.82) is 0 Å². The number of carbonyl (C=O) groups is 2. The van der Waals surface area contributed by atoms with E-state index >= 15 is 0 Å². The van der Waals surface area contributed by atoms with Gasteiger partial charge in [-0.15, -0.1) is 0 Å². The number of fused-ring (bicyclic) bond motifs is 1. The first-order valence-corrected chi connectivity index (χ1v) is 10.5. The highest BCUT2D eigenvalue weighted by Gasteiger charge is 2.32. The number of H-pyrrole nitrogens is 1. The molecule has 2 amide bonds. The lowest BCUT2D eigenvalue weighted by atomic mass is 9.92. The van der Waals surface area contributed by atoms with E-state index in [1.807, 2.05) is 30.3 Å². The van der Waals surface area contributed by atoms with E-state index in [9.17, 15) is 19.2 Å². The Morgan fingerprint density at radius 3 is 2.50 bits per heavy atom. The van der Waals surface area contributed by atoms with Gasteiger partial charge in [0.25, 0.3) is 5.56 Å². The minimum absolute atomic E-state index is 0.0656. The summed E-state index contributed by atoms with van der Waals surface area (Å²) in [5.74, 6) is -1.28. The van der Waals surface area contributed by atoms with Crippen molar-refractivity contribution in [2.45, 2.75) is 25.8 Å². The van der Waals surface area contributed by atoms with Crippen LogP contribution in [0.15, 0.2) is 64.2 Å². The third-order valence-electron chi connectivity index (χ3n) is 5.39. The van der Waals surface area contributed by atoms with Crippen LogP contribution in [0.4, 0.5) is 11.5 Å². The summed E-state index contributed by atoms with van der Waals surface area (Å²) in [6, 6.07) is 16.2. The highest BCUT2D eigenvalue weighted by Crippen LogP contribution is 2.24. The van der Waals surface area contributed by atoms with Gasteiger partial charge >= 0.3 is 5.69 Å². The largest absolute Gasteiger partial charge is 0.329 e. The molecule has 8 nitrogen and oxygen atoms in total. The van der Waals surface area contributed by atoms with Crippen molar-refractivity contribution in [3.05, 3.63) is 91.6 Å². The maximum atomic E-state index is 12.7. The molecule has 0 saturated carbocycles. The molecule has 1 unspecified atom stereocenters. The summed E-state index contributed by atoms with van der Waals surface area (Å²) in [4.78, 5) is 52.3. The minimum atomic E-state index is -0.726. The molecule has 9 heteroatoms. The van der Waals surface area contributed by atoms with Crippen molar-refractivity contribution in [2.24, 2.45) is 5.92 Å². The number of halogens is 1. The van der Waals surface area contributed by atoms with Crippen LogP contribution >= 0.6 is 11.6 Å². The van der Waals surface area contributed by atoms with Crippen LogP contribution in [0.25, 0.3) is 0 Å². The molecule has 32 heavy (non-hydrogen) atoms. The van der Waals surface area contributed by atoms with E-state index in [1.54, 1.807) is 24.3 Å². The number of anilines is 2. The van der Waals surface area contributed by atoms with Gasteiger partial charge in [0, 0.05) is 23.7 Å². The molecule has 1 atom stereocenters. The number of hydrogen-bond acceptors (Lipinski definition) is 4. The first-order valence-electron chi connectivity index (χ1n) is 10.2. The SMILES string of the molecule is O=C(CC1Cc2c(n(CCc3ccccc3)c(=O)[nH]c2=O)NC1=O)Nc1ccc(Cl)cc1. The van der Waals surface area contributed by atoms with Gasteiger partial charge in [-0.25, -0.2) is 4.79 Å². The zero-order valence-corrected chi connectivity index (χ0v) is 17.8. The Morgan fingerprint density at radius 2 is 1.78 bits per heavy atom. The van der Waals surface area contributed by atoms with Gasteiger partial charge in [0.05, 0.1) is 11.5 Å². The molecule has 1 aliphatic heterocycles. The van der Waals surface area contributed by atoms with Gasteiger partial charge in [-0.2, -0.15) is 0 Å². The summed E-state index contributed by atoms with van der Waals surface area (Å²) >= 11 is 5.84. The highest BCUT2D eigenvalue weighted by molar-refractivity contribution is 6.30. The second-order valence-electron chi connectivity index (χ2n) is 7.62. The number of carbonyl (C=O) groups excluding carboxylic acids is 2. The number of nitrogens with one attached hydrogen (secondary N) is 3. The highest BCUT2D eigenvalue weighted by atomic mass is 35.5. The lowest BCUT2D eigenvalue weighted by molar-refractivity contribution is -0.125. The molecular weight excluding hydrogens is 432 g/mol. The quantitative estimate of drug-likeness (QED) is 0.533. The fraction of sp³-hybridized carbons (Fsp3) is 0.217. The third-order valence-corrected chi connectivity index (χ3v) is 5.64. The van der Waals surface area contributed by atoms with E-state index in [4.69, 9.17) is 11.6 Å². The molecule has 3 aromatic rings. The Kier molecular flexibility index (Phi) is 6.23. The molecule has 0 fully saturated rings. The Bertz CT molecular complexity index is 1270. The van der Waals surface area contributed by atoms with Crippen LogP contribution in [0.5, 0.6) is 0 Å². The van der Waals surface area contributed by atoms with Gasteiger partial charge in [-0.3, -0.25) is 23.9 Å². The monoisotopic (exact) mass is 452 g/mol. The molecule has 0 spiro atoms. The first kappa shape index (κ1) is 21.6. The summed E-state index contributed by atoms with van der Waals surface area (Å²) < 4.78 is 1.37. The predicted octanol–water partition coefficient (Wildman–Crippen LogP) is 2.57. The van der Waals surface area contributed by atoms with Crippen LogP contribution in [-0.4, -0.2) is 21.4 Å². The third kappa shape index (κ3) is 4.81. The standard InChI is InChI=1S/C23H21ClN4O4/c24-16-6-8-17(9-7-16)25-19(29)13-15-12-18-20(26-21(15)30)28(23(32)27-22(18)31)11-10-14-4-2-1-3-5-14/h1-9,15H,10-13H2,(H,25,29)(H,26,30)(H,27,31,32). The fourth-order valence-corrected chi connectivity index (χ4v) is 3.86.